The Morgan fingerprint density at radius 3 is 2.86 bits per heavy atom. The van der Waals surface area contributed by atoms with Crippen molar-refractivity contribution in [3.8, 4) is 0 Å². The van der Waals surface area contributed by atoms with Crippen LogP contribution in [-0.4, -0.2) is 45.3 Å². The summed E-state index contributed by atoms with van der Waals surface area (Å²) in [5, 5.41) is 18.1. The number of methoxy groups -OCH3 is 1. The first-order chi connectivity index (χ1) is 9.95. The van der Waals surface area contributed by atoms with Crippen molar-refractivity contribution in [2.24, 2.45) is 5.41 Å². The maximum atomic E-state index is 10.8. The molecule has 2 rings (SSSR count). The summed E-state index contributed by atoms with van der Waals surface area (Å²) in [5.41, 5.74) is 0.215. The zero-order chi connectivity index (χ0) is 15.5. The van der Waals surface area contributed by atoms with E-state index in [-0.39, 0.29) is 11.2 Å². The van der Waals surface area contributed by atoms with Gasteiger partial charge in [-0.05, 0) is 18.3 Å². The molecule has 0 aliphatic heterocycles. The van der Waals surface area contributed by atoms with Gasteiger partial charge in [-0.2, -0.15) is 0 Å². The zero-order valence-corrected chi connectivity index (χ0v) is 13.7. The molecule has 0 saturated heterocycles. The van der Waals surface area contributed by atoms with Crippen LogP contribution in [0.15, 0.2) is 5.16 Å². The van der Waals surface area contributed by atoms with Gasteiger partial charge < -0.3 is 14.4 Å². The van der Waals surface area contributed by atoms with Crippen LogP contribution in [0.4, 0.5) is 0 Å². The third kappa shape index (κ3) is 3.77. The van der Waals surface area contributed by atoms with Gasteiger partial charge in [0.2, 0.25) is 0 Å². The molecule has 1 aliphatic carbocycles. The van der Waals surface area contributed by atoms with Gasteiger partial charge in [0.1, 0.15) is 5.82 Å². The van der Waals surface area contributed by atoms with E-state index >= 15 is 0 Å². The number of ether oxygens (including phenoxy) is 1. The van der Waals surface area contributed by atoms with Crippen molar-refractivity contribution in [3.63, 3.8) is 0 Å². The van der Waals surface area contributed by atoms with E-state index in [4.69, 9.17) is 9.84 Å². The molecule has 1 N–H and O–H groups in total. The van der Waals surface area contributed by atoms with Crippen LogP contribution in [0.1, 0.15) is 44.9 Å². The van der Waals surface area contributed by atoms with Gasteiger partial charge in [-0.1, -0.05) is 32.0 Å². The first-order valence-corrected chi connectivity index (χ1v) is 8.21. The molecular weight excluding hydrogens is 290 g/mol. The number of aromatic nitrogens is 3. The van der Waals surface area contributed by atoms with Crippen LogP contribution in [0.5, 0.6) is 0 Å². The minimum atomic E-state index is -0.843. The summed E-state index contributed by atoms with van der Waals surface area (Å²) in [4.78, 5) is 10.8. The van der Waals surface area contributed by atoms with Gasteiger partial charge >= 0.3 is 5.97 Å². The molecule has 1 atom stereocenters. The lowest BCUT2D eigenvalue weighted by Crippen LogP contribution is -2.21. The quantitative estimate of drug-likeness (QED) is 0.779. The number of carbonyl (C=O) groups is 1. The second-order valence-corrected chi connectivity index (χ2v) is 7.04. The van der Waals surface area contributed by atoms with Crippen molar-refractivity contribution >= 4 is 17.7 Å². The van der Waals surface area contributed by atoms with E-state index in [9.17, 15) is 4.79 Å². The van der Waals surface area contributed by atoms with Crippen molar-refractivity contribution < 1.29 is 14.6 Å². The predicted octanol–water partition coefficient (Wildman–Crippen LogP) is 2.39. The Kier molecular flexibility index (Phi) is 5.27. The minimum Gasteiger partial charge on any atom is -0.481 e. The van der Waals surface area contributed by atoms with Crippen LogP contribution in [0.3, 0.4) is 0 Å². The molecule has 1 aromatic heterocycles. The van der Waals surface area contributed by atoms with Gasteiger partial charge in [0.25, 0.3) is 0 Å². The lowest BCUT2D eigenvalue weighted by atomic mass is 9.81. The van der Waals surface area contributed by atoms with E-state index in [2.05, 4.69) is 24.0 Å². The number of aliphatic carboxylic acids is 1. The van der Waals surface area contributed by atoms with E-state index in [0.717, 1.165) is 12.2 Å². The molecule has 0 radical (unpaired) electrons. The highest BCUT2D eigenvalue weighted by Crippen LogP contribution is 2.48. The second-order valence-electron chi connectivity index (χ2n) is 6.10. The lowest BCUT2D eigenvalue weighted by molar-refractivity contribution is -0.133. The second kappa shape index (κ2) is 6.79. The third-order valence-electron chi connectivity index (χ3n) is 4.16. The van der Waals surface area contributed by atoms with E-state index in [1.807, 2.05) is 4.57 Å². The summed E-state index contributed by atoms with van der Waals surface area (Å²) in [6.45, 7) is 5.76. The van der Waals surface area contributed by atoms with Crippen LogP contribution >= 0.6 is 11.8 Å². The Balaban J connectivity index is 2.25. The largest absolute Gasteiger partial charge is 0.481 e. The van der Waals surface area contributed by atoms with Gasteiger partial charge in [0, 0.05) is 19.6 Å². The molecule has 21 heavy (non-hydrogen) atoms. The number of hydrogen-bond donors (Lipinski definition) is 1. The number of carboxylic acid groups (broad SMARTS) is 1. The van der Waals surface area contributed by atoms with E-state index < -0.39 is 5.97 Å². The van der Waals surface area contributed by atoms with E-state index in [0.29, 0.717) is 24.2 Å². The van der Waals surface area contributed by atoms with E-state index in [1.54, 1.807) is 7.11 Å². The minimum absolute atomic E-state index is 0.000818. The summed E-state index contributed by atoms with van der Waals surface area (Å²) in [6.07, 6.45) is 3.50. The SMILES string of the molecule is COCCn1c(SCC(=O)O)nnc1C1CCCC1(C)C. The molecule has 1 saturated carbocycles. The van der Waals surface area contributed by atoms with Crippen molar-refractivity contribution in [1.29, 1.82) is 0 Å². The maximum Gasteiger partial charge on any atom is 0.313 e. The molecule has 0 bridgehead atoms. The number of rotatable bonds is 7. The van der Waals surface area contributed by atoms with E-state index in [1.165, 1.54) is 24.6 Å². The molecule has 0 amide bonds. The van der Waals surface area contributed by atoms with Crippen LogP contribution in [0.2, 0.25) is 0 Å². The first kappa shape index (κ1) is 16.3. The Hall–Kier alpha value is -1.08. The van der Waals surface area contributed by atoms with Crippen molar-refractivity contribution in [3.05, 3.63) is 5.82 Å². The van der Waals surface area contributed by atoms with Crippen molar-refractivity contribution in [2.45, 2.75) is 50.7 Å². The summed E-state index contributed by atoms with van der Waals surface area (Å²) >= 11 is 1.22. The number of nitrogens with zero attached hydrogens (tertiary/aromatic N) is 3. The Morgan fingerprint density at radius 2 is 2.29 bits per heavy atom. The van der Waals surface area contributed by atoms with Crippen molar-refractivity contribution in [1.82, 2.24) is 14.8 Å². The van der Waals surface area contributed by atoms with Crippen LogP contribution in [0.25, 0.3) is 0 Å². The molecular formula is C14H23N3O3S. The molecule has 1 unspecified atom stereocenters. The summed E-state index contributed by atoms with van der Waals surface area (Å²) in [7, 11) is 1.66. The molecule has 118 valence electrons. The van der Waals surface area contributed by atoms with Gasteiger partial charge in [-0.25, -0.2) is 0 Å². The predicted molar refractivity (Wildman–Crippen MR) is 80.6 cm³/mol. The monoisotopic (exact) mass is 313 g/mol. The topological polar surface area (TPSA) is 77.2 Å². The highest BCUT2D eigenvalue weighted by molar-refractivity contribution is 7.99. The van der Waals surface area contributed by atoms with Gasteiger partial charge in [0.05, 0.1) is 12.4 Å². The van der Waals surface area contributed by atoms with Gasteiger partial charge in [-0.3, -0.25) is 4.79 Å². The van der Waals surface area contributed by atoms with Crippen LogP contribution in [0, 0.1) is 5.41 Å². The molecule has 1 heterocycles. The molecule has 1 fully saturated rings. The highest BCUT2D eigenvalue weighted by Gasteiger charge is 2.39. The Bertz CT molecular complexity index is 502. The summed E-state index contributed by atoms with van der Waals surface area (Å²) in [5.74, 6) is 0.506. The number of thioether (sulfide) groups is 1. The molecule has 1 aromatic rings. The fourth-order valence-corrected chi connectivity index (χ4v) is 3.68. The molecule has 6 nitrogen and oxygen atoms in total. The average molecular weight is 313 g/mol. The normalized spacial score (nSPS) is 20.8. The van der Waals surface area contributed by atoms with Gasteiger partial charge in [0.15, 0.2) is 5.16 Å². The number of carboxylic acids is 1. The number of hydrogen-bond acceptors (Lipinski definition) is 5. The zero-order valence-electron chi connectivity index (χ0n) is 12.8. The fraction of sp³-hybridized carbons (Fsp3) is 0.786. The molecule has 1 aliphatic rings. The molecule has 0 aromatic carbocycles. The first-order valence-electron chi connectivity index (χ1n) is 7.22. The average Bonchev–Trinajstić information content (AvgIpc) is 2.96. The lowest BCUT2D eigenvalue weighted by Gasteiger charge is -2.26. The van der Waals surface area contributed by atoms with Crippen molar-refractivity contribution in [2.75, 3.05) is 19.5 Å². The Labute approximate surface area is 129 Å². The van der Waals surface area contributed by atoms with Crippen LogP contribution in [-0.2, 0) is 16.1 Å². The smallest absolute Gasteiger partial charge is 0.313 e. The van der Waals surface area contributed by atoms with Gasteiger partial charge in [-0.15, -0.1) is 10.2 Å². The maximum absolute atomic E-state index is 10.8. The highest BCUT2D eigenvalue weighted by atomic mass is 32.2. The standard InChI is InChI=1S/C14H23N3O3S/c1-14(2)6-4-5-10(14)12-15-16-13(21-9-11(18)19)17(12)7-8-20-3/h10H,4-9H2,1-3H3,(H,18,19). The van der Waals surface area contributed by atoms with Crippen LogP contribution < -0.4 is 0 Å². The molecule has 7 heteroatoms. The summed E-state index contributed by atoms with van der Waals surface area (Å²) < 4.78 is 7.20. The summed E-state index contributed by atoms with van der Waals surface area (Å²) in [6, 6.07) is 0. The Morgan fingerprint density at radius 1 is 1.52 bits per heavy atom. The third-order valence-corrected chi connectivity index (χ3v) is 5.11. The fourth-order valence-electron chi connectivity index (χ4n) is 2.99. The molecule has 0 spiro atoms.